The summed E-state index contributed by atoms with van der Waals surface area (Å²) in [5.41, 5.74) is 1.08. The number of rotatable bonds is 2. The van der Waals surface area contributed by atoms with E-state index in [-0.39, 0.29) is 6.61 Å². The first kappa shape index (κ1) is 9.32. The van der Waals surface area contributed by atoms with Gasteiger partial charge in [-0.25, -0.2) is 0 Å². The molecule has 0 saturated heterocycles. The highest BCUT2D eigenvalue weighted by molar-refractivity contribution is 6.42. The van der Waals surface area contributed by atoms with Gasteiger partial charge in [-0.15, -0.1) is 0 Å². The molecule has 0 bridgehead atoms. The molecule has 2 rings (SSSR count). The monoisotopic (exact) mass is 216 g/mol. The summed E-state index contributed by atoms with van der Waals surface area (Å²) in [6.07, 6.45) is 1.02. The second-order valence-corrected chi connectivity index (χ2v) is 4.21. The van der Waals surface area contributed by atoms with Crippen LogP contribution < -0.4 is 0 Å². The number of hydrogen-bond acceptors (Lipinski definition) is 1. The van der Waals surface area contributed by atoms with Crippen molar-refractivity contribution in [3.63, 3.8) is 0 Å². The zero-order valence-corrected chi connectivity index (χ0v) is 8.52. The quantitative estimate of drug-likeness (QED) is 0.806. The van der Waals surface area contributed by atoms with Gasteiger partial charge in [0, 0.05) is 6.61 Å². The molecule has 2 unspecified atom stereocenters. The lowest BCUT2D eigenvalue weighted by atomic mass is 10.1. The van der Waals surface area contributed by atoms with Crippen LogP contribution in [0.2, 0.25) is 10.0 Å². The number of benzene rings is 1. The number of halogens is 2. The molecule has 0 heterocycles. The fourth-order valence-corrected chi connectivity index (χ4v) is 2.09. The Bertz CT molecular complexity index is 325. The lowest BCUT2D eigenvalue weighted by Crippen LogP contribution is -1.89. The van der Waals surface area contributed by atoms with Gasteiger partial charge in [0.2, 0.25) is 0 Å². The molecular weight excluding hydrogens is 207 g/mol. The van der Waals surface area contributed by atoms with E-state index in [4.69, 9.17) is 28.3 Å². The maximum atomic E-state index is 8.92. The summed E-state index contributed by atoms with van der Waals surface area (Å²) >= 11 is 11.9. The predicted octanol–water partition coefficient (Wildman–Crippen LogP) is 3.09. The van der Waals surface area contributed by atoms with Crippen LogP contribution in [0.5, 0.6) is 0 Å². The van der Waals surface area contributed by atoms with Gasteiger partial charge in [0.05, 0.1) is 10.0 Å². The Hall–Kier alpha value is -0.240. The van der Waals surface area contributed by atoms with E-state index in [9.17, 15) is 0 Å². The molecule has 0 amide bonds. The molecule has 13 heavy (non-hydrogen) atoms. The standard InChI is InChI=1S/C10H10Cl2O/c11-9-3-1-2-7(10(9)12)8-4-6(8)5-13/h1-3,6,8,13H,4-5H2. The first-order valence-electron chi connectivity index (χ1n) is 4.28. The average molecular weight is 217 g/mol. The van der Waals surface area contributed by atoms with E-state index < -0.39 is 0 Å². The minimum atomic E-state index is 0.244. The van der Waals surface area contributed by atoms with E-state index in [0.29, 0.717) is 21.9 Å². The van der Waals surface area contributed by atoms with Gasteiger partial charge in [0.15, 0.2) is 0 Å². The highest BCUT2D eigenvalue weighted by Gasteiger charge is 2.38. The van der Waals surface area contributed by atoms with Gasteiger partial charge < -0.3 is 5.11 Å². The Morgan fingerprint density at radius 1 is 1.38 bits per heavy atom. The Kier molecular flexibility index (Phi) is 2.50. The van der Waals surface area contributed by atoms with Gasteiger partial charge >= 0.3 is 0 Å². The van der Waals surface area contributed by atoms with E-state index in [0.717, 1.165) is 12.0 Å². The topological polar surface area (TPSA) is 20.2 Å². The molecule has 0 aliphatic heterocycles. The molecule has 0 spiro atoms. The van der Waals surface area contributed by atoms with Gasteiger partial charge in [0.1, 0.15) is 0 Å². The first-order chi connectivity index (χ1) is 6.24. The van der Waals surface area contributed by atoms with Gasteiger partial charge in [-0.1, -0.05) is 35.3 Å². The van der Waals surface area contributed by atoms with Crippen LogP contribution in [0.25, 0.3) is 0 Å². The molecule has 1 aliphatic rings. The van der Waals surface area contributed by atoms with E-state index in [1.165, 1.54) is 0 Å². The minimum absolute atomic E-state index is 0.244. The van der Waals surface area contributed by atoms with Gasteiger partial charge in [-0.2, -0.15) is 0 Å². The molecule has 1 aromatic rings. The van der Waals surface area contributed by atoms with Crippen molar-refractivity contribution >= 4 is 23.2 Å². The summed E-state index contributed by atoms with van der Waals surface area (Å²) in [5.74, 6) is 0.798. The molecule has 1 nitrogen and oxygen atoms in total. The summed E-state index contributed by atoms with van der Waals surface area (Å²) in [6, 6.07) is 5.66. The van der Waals surface area contributed by atoms with Crippen molar-refractivity contribution in [1.82, 2.24) is 0 Å². The summed E-state index contributed by atoms with van der Waals surface area (Å²) in [7, 11) is 0. The number of hydrogen-bond donors (Lipinski definition) is 1. The normalized spacial score (nSPS) is 26.1. The van der Waals surface area contributed by atoms with Crippen molar-refractivity contribution in [3.05, 3.63) is 33.8 Å². The first-order valence-corrected chi connectivity index (χ1v) is 5.04. The fraction of sp³-hybridized carbons (Fsp3) is 0.400. The Morgan fingerprint density at radius 2 is 2.15 bits per heavy atom. The van der Waals surface area contributed by atoms with E-state index in [2.05, 4.69) is 0 Å². The largest absolute Gasteiger partial charge is 0.396 e. The third-order valence-corrected chi connectivity index (χ3v) is 3.37. The maximum Gasteiger partial charge on any atom is 0.0627 e. The van der Waals surface area contributed by atoms with Crippen molar-refractivity contribution < 1.29 is 5.11 Å². The van der Waals surface area contributed by atoms with Crippen molar-refractivity contribution in [3.8, 4) is 0 Å². The van der Waals surface area contributed by atoms with Crippen LogP contribution in [-0.4, -0.2) is 11.7 Å². The molecule has 1 saturated carbocycles. The molecule has 1 aliphatic carbocycles. The molecule has 1 N–H and O–H groups in total. The van der Waals surface area contributed by atoms with Crippen LogP contribution in [0, 0.1) is 5.92 Å². The third-order valence-electron chi connectivity index (χ3n) is 2.54. The predicted molar refractivity (Wildman–Crippen MR) is 54.4 cm³/mol. The fourth-order valence-electron chi connectivity index (χ4n) is 1.64. The van der Waals surface area contributed by atoms with E-state index >= 15 is 0 Å². The smallest absolute Gasteiger partial charge is 0.0627 e. The summed E-state index contributed by atoms with van der Waals surface area (Å²) in [5, 5.41) is 10.2. The van der Waals surface area contributed by atoms with Crippen molar-refractivity contribution in [2.45, 2.75) is 12.3 Å². The minimum Gasteiger partial charge on any atom is -0.396 e. The van der Waals surface area contributed by atoms with Crippen LogP contribution in [0.3, 0.4) is 0 Å². The summed E-state index contributed by atoms with van der Waals surface area (Å²) in [4.78, 5) is 0. The van der Waals surface area contributed by atoms with Crippen LogP contribution in [-0.2, 0) is 0 Å². The third kappa shape index (κ3) is 1.69. The molecule has 0 radical (unpaired) electrons. The molecule has 1 aromatic carbocycles. The number of aliphatic hydroxyl groups is 1. The second-order valence-electron chi connectivity index (χ2n) is 3.43. The highest BCUT2D eigenvalue weighted by Crippen LogP contribution is 2.50. The number of aliphatic hydroxyl groups excluding tert-OH is 1. The van der Waals surface area contributed by atoms with E-state index in [1.54, 1.807) is 6.07 Å². The Labute approximate surface area is 87.3 Å². The van der Waals surface area contributed by atoms with Crippen LogP contribution >= 0.6 is 23.2 Å². The average Bonchev–Trinajstić information content (AvgIpc) is 2.89. The molecule has 2 atom stereocenters. The SMILES string of the molecule is OCC1CC1c1cccc(Cl)c1Cl. The van der Waals surface area contributed by atoms with Crippen LogP contribution in [0.15, 0.2) is 18.2 Å². The van der Waals surface area contributed by atoms with Gasteiger partial charge in [-0.05, 0) is 29.9 Å². The summed E-state index contributed by atoms with van der Waals surface area (Å²) in [6.45, 7) is 0.244. The molecule has 0 aromatic heterocycles. The van der Waals surface area contributed by atoms with Gasteiger partial charge in [0.25, 0.3) is 0 Å². The molecule has 70 valence electrons. The lowest BCUT2D eigenvalue weighted by molar-refractivity contribution is 0.274. The molecular formula is C10H10Cl2O. The Balaban J connectivity index is 2.27. The lowest BCUT2D eigenvalue weighted by Gasteiger charge is -2.03. The second kappa shape index (κ2) is 3.49. The molecule has 1 fully saturated rings. The maximum absolute atomic E-state index is 8.92. The van der Waals surface area contributed by atoms with Crippen LogP contribution in [0.4, 0.5) is 0 Å². The van der Waals surface area contributed by atoms with Crippen molar-refractivity contribution in [2.24, 2.45) is 5.92 Å². The molecule has 3 heteroatoms. The van der Waals surface area contributed by atoms with Crippen LogP contribution in [0.1, 0.15) is 17.9 Å². The van der Waals surface area contributed by atoms with Gasteiger partial charge in [-0.3, -0.25) is 0 Å². The Morgan fingerprint density at radius 3 is 2.77 bits per heavy atom. The van der Waals surface area contributed by atoms with Crippen molar-refractivity contribution in [2.75, 3.05) is 6.61 Å². The van der Waals surface area contributed by atoms with Crippen molar-refractivity contribution in [1.29, 1.82) is 0 Å². The van der Waals surface area contributed by atoms with E-state index in [1.807, 2.05) is 12.1 Å². The zero-order valence-electron chi connectivity index (χ0n) is 7.00. The highest BCUT2D eigenvalue weighted by atomic mass is 35.5. The summed E-state index contributed by atoms with van der Waals surface area (Å²) < 4.78 is 0. The zero-order chi connectivity index (χ0) is 9.42.